The summed E-state index contributed by atoms with van der Waals surface area (Å²) < 4.78 is 2.59. The third-order valence-corrected chi connectivity index (χ3v) is 4.84. The summed E-state index contributed by atoms with van der Waals surface area (Å²) in [5.41, 5.74) is 4.61. The van der Waals surface area contributed by atoms with Crippen LogP contribution in [0.4, 0.5) is 0 Å². The van der Waals surface area contributed by atoms with Crippen LogP contribution in [-0.2, 0) is 14.1 Å². The van der Waals surface area contributed by atoms with Gasteiger partial charge in [0.15, 0.2) is 5.52 Å². The number of benzene rings is 2. The van der Waals surface area contributed by atoms with Gasteiger partial charge < -0.3 is 0 Å². The summed E-state index contributed by atoms with van der Waals surface area (Å²) in [6, 6.07) is 19.7. The molecule has 0 fully saturated rings. The van der Waals surface area contributed by atoms with E-state index in [0.29, 0.717) is 11.2 Å². The lowest BCUT2D eigenvalue weighted by Gasteiger charge is -2.14. The van der Waals surface area contributed by atoms with E-state index in [1.54, 1.807) is 7.05 Å². The molecule has 0 saturated heterocycles. The van der Waals surface area contributed by atoms with E-state index in [0.717, 1.165) is 26.8 Å². The van der Waals surface area contributed by atoms with Crippen molar-refractivity contribution >= 4 is 11.0 Å². The molecule has 0 spiro atoms. The van der Waals surface area contributed by atoms with Crippen molar-refractivity contribution < 1.29 is 0 Å². The summed E-state index contributed by atoms with van der Waals surface area (Å²) in [6.07, 6.45) is 0. The standard InChI is InChI=1S/C22H19N3O2/c1-14-9-11-16(12-10-14)18-13-17(15-7-5-4-6-8-15)20-19(23-18)21(26)25(3)22(27)24(20)2/h4-13H,1-3H3. The molecule has 0 bridgehead atoms. The van der Waals surface area contributed by atoms with Gasteiger partial charge >= 0.3 is 5.69 Å². The maximum absolute atomic E-state index is 12.8. The molecule has 4 aromatic rings. The van der Waals surface area contributed by atoms with Crippen molar-refractivity contribution in [3.05, 3.63) is 87.1 Å². The number of hydrogen-bond donors (Lipinski definition) is 0. The molecule has 0 aliphatic heterocycles. The minimum atomic E-state index is -0.390. The van der Waals surface area contributed by atoms with Gasteiger partial charge in [-0.15, -0.1) is 0 Å². The molecule has 0 amide bonds. The maximum Gasteiger partial charge on any atom is 0.331 e. The highest BCUT2D eigenvalue weighted by molar-refractivity contribution is 5.93. The molecule has 2 heterocycles. The molecular weight excluding hydrogens is 338 g/mol. The van der Waals surface area contributed by atoms with E-state index in [2.05, 4.69) is 4.98 Å². The van der Waals surface area contributed by atoms with E-state index in [4.69, 9.17) is 0 Å². The first-order valence-corrected chi connectivity index (χ1v) is 8.70. The first-order valence-electron chi connectivity index (χ1n) is 8.70. The Balaban J connectivity index is 2.17. The first kappa shape index (κ1) is 17.0. The number of hydrogen-bond acceptors (Lipinski definition) is 3. The van der Waals surface area contributed by atoms with Gasteiger partial charge in [-0.1, -0.05) is 60.2 Å². The Labute approximate surface area is 156 Å². The summed E-state index contributed by atoms with van der Waals surface area (Å²) in [7, 11) is 3.15. The molecule has 27 heavy (non-hydrogen) atoms. The Morgan fingerprint density at radius 1 is 0.815 bits per heavy atom. The SMILES string of the molecule is Cc1ccc(-c2cc(-c3ccccc3)c3c(n2)c(=O)n(C)c(=O)n3C)cc1. The molecule has 4 rings (SSSR count). The Kier molecular flexibility index (Phi) is 4.00. The lowest BCUT2D eigenvalue weighted by Crippen LogP contribution is -2.37. The quantitative estimate of drug-likeness (QED) is 0.553. The normalized spacial score (nSPS) is 11.1. The molecule has 0 unspecified atom stereocenters. The summed E-state index contributed by atoms with van der Waals surface area (Å²) in [4.78, 5) is 29.9. The minimum absolute atomic E-state index is 0.288. The van der Waals surface area contributed by atoms with Gasteiger partial charge in [0.05, 0.1) is 11.2 Å². The van der Waals surface area contributed by atoms with Crippen LogP contribution in [0.2, 0.25) is 0 Å². The van der Waals surface area contributed by atoms with E-state index >= 15 is 0 Å². The molecule has 5 nitrogen and oxygen atoms in total. The highest BCUT2D eigenvalue weighted by Crippen LogP contribution is 2.30. The predicted molar refractivity (Wildman–Crippen MR) is 108 cm³/mol. The van der Waals surface area contributed by atoms with Crippen LogP contribution in [0.5, 0.6) is 0 Å². The second kappa shape index (κ2) is 6.36. The number of fused-ring (bicyclic) bond motifs is 1. The van der Waals surface area contributed by atoms with Crippen LogP contribution < -0.4 is 11.2 Å². The Hall–Kier alpha value is -3.47. The van der Waals surface area contributed by atoms with Gasteiger partial charge in [-0.3, -0.25) is 13.9 Å². The Morgan fingerprint density at radius 2 is 1.48 bits per heavy atom. The highest BCUT2D eigenvalue weighted by Gasteiger charge is 2.17. The fourth-order valence-electron chi connectivity index (χ4n) is 3.30. The predicted octanol–water partition coefficient (Wildman–Crippen LogP) is 3.27. The maximum atomic E-state index is 12.8. The number of aryl methyl sites for hydroxylation is 2. The molecule has 0 atom stereocenters. The van der Waals surface area contributed by atoms with Gasteiger partial charge in [0, 0.05) is 25.2 Å². The van der Waals surface area contributed by atoms with Crippen molar-refractivity contribution in [1.82, 2.24) is 14.1 Å². The second-order valence-corrected chi connectivity index (χ2v) is 6.69. The molecule has 0 aliphatic rings. The third-order valence-electron chi connectivity index (χ3n) is 4.84. The van der Waals surface area contributed by atoms with Crippen LogP contribution in [0.25, 0.3) is 33.4 Å². The second-order valence-electron chi connectivity index (χ2n) is 6.69. The zero-order valence-corrected chi connectivity index (χ0v) is 15.4. The minimum Gasteiger partial charge on any atom is -0.294 e. The first-order chi connectivity index (χ1) is 13.0. The average molecular weight is 357 g/mol. The fraction of sp³-hybridized carbons (Fsp3) is 0.136. The molecule has 0 radical (unpaired) electrons. The van der Waals surface area contributed by atoms with E-state index in [1.165, 1.54) is 11.6 Å². The monoisotopic (exact) mass is 357 g/mol. The summed E-state index contributed by atoms with van der Waals surface area (Å²) in [5.74, 6) is 0. The molecule has 134 valence electrons. The van der Waals surface area contributed by atoms with Crippen molar-refractivity contribution in [3.8, 4) is 22.4 Å². The lowest BCUT2D eigenvalue weighted by molar-refractivity contribution is 0.711. The van der Waals surface area contributed by atoms with Crippen LogP contribution in [0.1, 0.15) is 5.56 Å². The molecule has 2 aromatic heterocycles. The number of aromatic nitrogens is 3. The van der Waals surface area contributed by atoms with Crippen LogP contribution in [0, 0.1) is 6.92 Å². The molecule has 0 N–H and O–H groups in total. The number of rotatable bonds is 2. The topological polar surface area (TPSA) is 56.9 Å². The molecule has 0 saturated carbocycles. The molecule has 5 heteroatoms. The van der Waals surface area contributed by atoms with Gasteiger partial charge in [-0.2, -0.15) is 0 Å². The van der Waals surface area contributed by atoms with E-state index in [9.17, 15) is 9.59 Å². The molecule has 0 aliphatic carbocycles. The summed E-state index contributed by atoms with van der Waals surface area (Å²) >= 11 is 0. The average Bonchev–Trinajstić information content (AvgIpc) is 2.71. The third kappa shape index (κ3) is 2.77. The number of pyridine rings is 1. The van der Waals surface area contributed by atoms with Crippen LogP contribution >= 0.6 is 0 Å². The summed E-state index contributed by atoms with van der Waals surface area (Å²) in [5, 5.41) is 0. The summed E-state index contributed by atoms with van der Waals surface area (Å²) in [6.45, 7) is 2.03. The van der Waals surface area contributed by atoms with Crippen LogP contribution in [0.15, 0.2) is 70.3 Å². The van der Waals surface area contributed by atoms with E-state index in [1.807, 2.05) is 67.6 Å². The van der Waals surface area contributed by atoms with Gasteiger partial charge in [-0.25, -0.2) is 9.78 Å². The zero-order chi connectivity index (χ0) is 19.1. The Bertz CT molecular complexity index is 1270. The van der Waals surface area contributed by atoms with Gasteiger partial charge in [0.2, 0.25) is 0 Å². The van der Waals surface area contributed by atoms with Gasteiger partial charge in [-0.05, 0) is 18.6 Å². The number of nitrogens with zero attached hydrogens (tertiary/aromatic N) is 3. The highest BCUT2D eigenvalue weighted by atomic mass is 16.2. The van der Waals surface area contributed by atoms with Crippen molar-refractivity contribution in [2.75, 3.05) is 0 Å². The fourth-order valence-corrected chi connectivity index (χ4v) is 3.30. The van der Waals surface area contributed by atoms with Gasteiger partial charge in [0.1, 0.15) is 0 Å². The largest absolute Gasteiger partial charge is 0.331 e. The molecule has 2 aromatic carbocycles. The van der Waals surface area contributed by atoms with Crippen molar-refractivity contribution in [2.24, 2.45) is 14.1 Å². The van der Waals surface area contributed by atoms with E-state index < -0.39 is 0 Å². The van der Waals surface area contributed by atoms with Crippen molar-refractivity contribution in [3.63, 3.8) is 0 Å². The van der Waals surface area contributed by atoms with Crippen molar-refractivity contribution in [1.29, 1.82) is 0 Å². The molecular formula is C22H19N3O2. The van der Waals surface area contributed by atoms with Crippen LogP contribution in [-0.4, -0.2) is 14.1 Å². The van der Waals surface area contributed by atoms with Crippen molar-refractivity contribution in [2.45, 2.75) is 6.92 Å². The van der Waals surface area contributed by atoms with Crippen LogP contribution in [0.3, 0.4) is 0 Å². The Morgan fingerprint density at radius 3 is 2.15 bits per heavy atom. The lowest BCUT2D eigenvalue weighted by atomic mass is 10.0. The van der Waals surface area contributed by atoms with Gasteiger partial charge in [0.25, 0.3) is 5.56 Å². The van der Waals surface area contributed by atoms with E-state index in [-0.39, 0.29) is 16.8 Å². The zero-order valence-electron chi connectivity index (χ0n) is 15.4. The smallest absolute Gasteiger partial charge is 0.294 e.